The zero-order valence-electron chi connectivity index (χ0n) is 17.5. The fourth-order valence-corrected chi connectivity index (χ4v) is 3.77. The van der Waals surface area contributed by atoms with E-state index < -0.39 is 0 Å². The minimum absolute atomic E-state index is 0.845. The number of aromatic amines is 2. The Balaban J connectivity index is 0.000000215. The van der Waals surface area contributed by atoms with Gasteiger partial charge in [0, 0.05) is 22.1 Å². The maximum absolute atomic E-state index is 5.15. The van der Waals surface area contributed by atoms with Crippen LogP contribution in [-0.4, -0.2) is 19.9 Å². The van der Waals surface area contributed by atoms with Gasteiger partial charge in [0.2, 0.25) is 0 Å². The molecule has 0 amide bonds. The third-order valence-electron chi connectivity index (χ3n) is 5.05. The molecule has 1 aromatic carbocycles. The van der Waals surface area contributed by atoms with Gasteiger partial charge in [-0.2, -0.15) is 0 Å². The van der Waals surface area contributed by atoms with Gasteiger partial charge in [-0.3, -0.25) is 0 Å². The van der Waals surface area contributed by atoms with Crippen molar-refractivity contribution in [2.24, 2.45) is 0 Å². The summed E-state index contributed by atoms with van der Waals surface area (Å²) in [7, 11) is 0. The molecule has 3 aromatic heterocycles. The summed E-state index contributed by atoms with van der Waals surface area (Å²) in [5, 5.41) is 0. The van der Waals surface area contributed by atoms with Crippen molar-refractivity contribution < 1.29 is 15.7 Å². The van der Waals surface area contributed by atoms with Crippen LogP contribution in [0.2, 0.25) is 0 Å². The quantitative estimate of drug-likeness (QED) is 0.288. The molecule has 8 bridgehead atoms. The Morgan fingerprint density at radius 2 is 1.00 bits per heavy atom. The number of aromatic nitrogens is 4. The van der Waals surface area contributed by atoms with Crippen molar-refractivity contribution >= 4 is 50.9 Å². The second kappa shape index (κ2) is 9.17. The van der Waals surface area contributed by atoms with Crippen LogP contribution in [0.25, 0.3) is 46.4 Å². The standard InChI is InChI=1S/C20H14N4.C8H5.Co/c1-2-14-10-16-5-6-18(23-16)12-20-8-7-19(24-20)11-17-4-3-15(22-17)9-13(1)21-14;1-2-8-6-4-3-5-7-8;/h1-12,21,24H;1,3-6H;. The molecule has 4 aromatic rings. The van der Waals surface area contributed by atoms with Crippen LogP contribution in [0.1, 0.15) is 28.3 Å². The van der Waals surface area contributed by atoms with Crippen LogP contribution in [-0.2, 0) is 15.7 Å². The molecule has 6 rings (SSSR count). The van der Waals surface area contributed by atoms with Crippen LogP contribution in [0, 0.1) is 12.3 Å². The van der Waals surface area contributed by atoms with E-state index in [2.05, 4.69) is 65.9 Å². The van der Waals surface area contributed by atoms with E-state index in [-0.39, 0.29) is 0 Å². The van der Waals surface area contributed by atoms with Crippen molar-refractivity contribution in [1.82, 2.24) is 19.9 Å². The van der Waals surface area contributed by atoms with Gasteiger partial charge in [0.1, 0.15) is 0 Å². The zero-order valence-corrected chi connectivity index (χ0v) is 18.6. The number of terminal acetylenes is 1. The van der Waals surface area contributed by atoms with Crippen LogP contribution >= 0.6 is 0 Å². The predicted octanol–water partition coefficient (Wildman–Crippen LogP) is 5.50. The molecule has 2 aliphatic rings. The molecule has 0 atom stereocenters. The minimum atomic E-state index is 0.845. The van der Waals surface area contributed by atoms with Crippen molar-refractivity contribution in [3.8, 4) is 12.3 Å². The van der Waals surface area contributed by atoms with Crippen molar-refractivity contribution in [1.29, 1.82) is 0 Å². The molecule has 160 valence electrons. The summed E-state index contributed by atoms with van der Waals surface area (Å²) in [6.45, 7) is 0. The fourth-order valence-electron chi connectivity index (χ4n) is 3.51. The third-order valence-corrected chi connectivity index (χ3v) is 5.51. The van der Waals surface area contributed by atoms with Gasteiger partial charge >= 0.3 is 62.4 Å². The van der Waals surface area contributed by atoms with E-state index in [4.69, 9.17) is 6.42 Å². The largest absolute Gasteiger partial charge is 0.355 e. The molecular formula is C28H19CoN4. The molecule has 0 unspecified atom stereocenters. The van der Waals surface area contributed by atoms with Crippen molar-refractivity contribution in [2.45, 2.75) is 0 Å². The summed E-state index contributed by atoms with van der Waals surface area (Å²) >= 11 is 4.18. The van der Waals surface area contributed by atoms with Crippen LogP contribution in [0.5, 0.6) is 0 Å². The van der Waals surface area contributed by atoms with E-state index >= 15 is 0 Å². The Morgan fingerprint density at radius 3 is 1.33 bits per heavy atom. The Labute approximate surface area is 199 Å². The number of hydrogen-bond acceptors (Lipinski definition) is 2. The van der Waals surface area contributed by atoms with Crippen molar-refractivity contribution in [3.63, 3.8) is 0 Å². The number of rotatable bonds is 0. The van der Waals surface area contributed by atoms with E-state index in [0.717, 1.165) is 54.9 Å². The van der Waals surface area contributed by atoms with Crippen molar-refractivity contribution in [2.75, 3.05) is 0 Å². The Kier molecular flexibility index (Phi) is 5.77. The van der Waals surface area contributed by atoms with Gasteiger partial charge in [-0.05, 0) is 72.8 Å². The number of H-pyrrole nitrogens is 2. The Hall–Kier alpha value is -4.11. The monoisotopic (exact) mass is 470 g/mol. The molecule has 2 aliphatic heterocycles. The summed E-state index contributed by atoms with van der Waals surface area (Å²) in [4.78, 5) is 16.0. The topological polar surface area (TPSA) is 57.4 Å². The van der Waals surface area contributed by atoms with Gasteiger partial charge in [-0.1, -0.05) is 0 Å². The molecule has 5 heterocycles. The Morgan fingerprint density at radius 1 is 0.606 bits per heavy atom. The molecule has 2 N–H and O–H groups in total. The Bertz CT molecular complexity index is 1420. The van der Waals surface area contributed by atoms with Crippen LogP contribution in [0.4, 0.5) is 0 Å². The maximum atomic E-state index is 5.15. The predicted molar refractivity (Wildman–Crippen MR) is 133 cm³/mol. The summed E-state index contributed by atoms with van der Waals surface area (Å²) in [5.74, 6) is 2.52. The minimum Gasteiger partial charge on any atom is -0.355 e. The van der Waals surface area contributed by atoms with Crippen LogP contribution in [0.15, 0.2) is 72.8 Å². The number of nitrogens with one attached hydrogen (secondary N) is 2. The third kappa shape index (κ3) is 5.04. The van der Waals surface area contributed by atoms with Gasteiger partial charge in [0.05, 0.1) is 22.8 Å². The smallest absolute Gasteiger partial charge is 0.0658 e. The first-order chi connectivity index (χ1) is 16.1. The molecule has 0 spiro atoms. The van der Waals surface area contributed by atoms with E-state index in [1.54, 1.807) is 0 Å². The molecule has 4 nitrogen and oxygen atoms in total. The molecule has 0 fully saturated rings. The number of benzene rings is 1. The van der Waals surface area contributed by atoms with Gasteiger partial charge in [-0.15, -0.1) is 0 Å². The SMILES string of the molecule is C#Cc1cccc[c]1[Co].C1=Cc2cc3ccc(cc4nc(cc5ccc(cc1n2)[nH]5)C=C4)[nH]3. The van der Waals surface area contributed by atoms with Gasteiger partial charge in [0.25, 0.3) is 0 Å². The van der Waals surface area contributed by atoms with Gasteiger partial charge in [-0.25, -0.2) is 9.97 Å². The molecule has 0 aliphatic carbocycles. The normalized spacial score (nSPS) is 11.5. The summed E-state index contributed by atoms with van der Waals surface area (Å²) in [5.41, 5.74) is 8.71. The van der Waals surface area contributed by atoms with Gasteiger partial charge < -0.3 is 9.97 Å². The number of nitrogens with zero attached hydrogens (tertiary/aromatic N) is 2. The van der Waals surface area contributed by atoms with E-state index in [1.165, 1.54) is 0 Å². The zero-order chi connectivity index (χ0) is 22.6. The molecule has 0 radical (unpaired) electrons. The van der Waals surface area contributed by atoms with Gasteiger partial charge in [0.15, 0.2) is 0 Å². The first-order valence-electron chi connectivity index (χ1n) is 10.4. The van der Waals surface area contributed by atoms with E-state index in [0.29, 0.717) is 0 Å². The molecule has 0 saturated heterocycles. The second-order valence-electron chi connectivity index (χ2n) is 7.51. The average Bonchev–Trinajstić information content (AvgIpc) is 3.61. The average molecular weight is 470 g/mol. The number of fused-ring (bicyclic) bond motifs is 8. The summed E-state index contributed by atoms with van der Waals surface area (Å²) < 4.78 is 0.854. The molecule has 0 saturated carbocycles. The second-order valence-corrected chi connectivity index (χ2v) is 8.07. The fraction of sp³-hybridized carbons (Fsp3) is 0. The first-order valence-corrected chi connectivity index (χ1v) is 10.9. The molecule has 33 heavy (non-hydrogen) atoms. The van der Waals surface area contributed by atoms with E-state index in [1.807, 2.05) is 72.8 Å². The van der Waals surface area contributed by atoms with E-state index in [9.17, 15) is 0 Å². The summed E-state index contributed by atoms with van der Waals surface area (Å²) in [6, 6.07) is 23.9. The molecular weight excluding hydrogens is 451 g/mol. The van der Waals surface area contributed by atoms with Crippen LogP contribution in [0.3, 0.4) is 0 Å². The van der Waals surface area contributed by atoms with Crippen LogP contribution < -0.4 is 4.50 Å². The summed E-state index contributed by atoms with van der Waals surface area (Å²) in [6.07, 6.45) is 13.2. The molecule has 5 heteroatoms. The first kappa shape index (κ1) is 20.8. The number of hydrogen-bond donors (Lipinski definition) is 2. The van der Waals surface area contributed by atoms with Crippen molar-refractivity contribution in [3.05, 3.63) is 101 Å². The maximum Gasteiger partial charge on any atom is 0.0658 e.